The molecule has 1 aliphatic heterocycles. The van der Waals surface area contributed by atoms with E-state index in [9.17, 15) is 19.1 Å². The van der Waals surface area contributed by atoms with E-state index in [1.165, 1.54) is 29.3 Å². The average Bonchev–Trinajstić information content (AvgIpc) is 2.63. The summed E-state index contributed by atoms with van der Waals surface area (Å²) in [5, 5.41) is 9.89. The van der Waals surface area contributed by atoms with Crippen LogP contribution in [0.4, 0.5) is 10.1 Å². The van der Waals surface area contributed by atoms with Crippen LogP contribution in [0, 0.1) is 5.82 Å². The number of benzene rings is 1. The molecule has 0 radical (unpaired) electrons. The summed E-state index contributed by atoms with van der Waals surface area (Å²) in [6.45, 7) is 1.63. The van der Waals surface area contributed by atoms with Crippen LogP contribution in [0.25, 0.3) is 21.9 Å². The third kappa shape index (κ3) is 3.21. The van der Waals surface area contributed by atoms with Gasteiger partial charge in [-0.05, 0) is 31.0 Å². The molecule has 0 atom stereocenters. The number of aromatic carboxylic acids is 1. The summed E-state index contributed by atoms with van der Waals surface area (Å²) in [5.41, 5.74) is 0.572. The number of aromatic nitrogens is 2. The quantitative estimate of drug-likeness (QED) is 0.683. The normalized spacial score (nSPS) is 15.6. The lowest BCUT2D eigenvalue weighted by molar-refractivity contribution is 0.0695. The Morgan fingerprint density at radius 3 is 2.46 bits per heavy atom. The Morgan fingerprint density at radius 1 is 1.11 bits per heavy atom. The summed E-state index contributed by atoms with van der Waals surface area (Å²) in [5.74, 6) is -1.64. The molecule has 3 aromatic rings. The summed E-state index contributed by atoms with van der Waals surface area (Å²) >= 11 is 0. The Balaban J connectivity index is 1.88. The van der Waals surface area contributed by atoms with Gasteiger partial charge in [-0.1, -0.05) is 19.3 Å². The van der Waals surface area contributed by atoms with E-state index in [4.69, 9.17) is 0 Å². The predicted molar refractivity (Wildman–Crippen MR) is 107 cm³/mol. The average molecular weight is 383 g/mol. The molecule has 1 N–H and O–H groups in total. The highest BCUT2D eigenvalue weighted by atomic mass is 19.1. The van der Waals surface area contributed by atoms with Crippen molar-refractivity contribution in [1.29, 1.82) is 0 Å². The van der Waals surface area contributed by atoms with Gasteiger partial charge >= 0.3 is 5.97 Å². The van der Waals surface area contributed by atoms with Gasteiger partial charge in [-0.25, -0.2) is 14.2 Å². The largest absolute Gasteiger partial charge is 0.477 e. The van der Waals surface area contributed by atoms with Crippen LogP contribution in [0.3, 0.4) is 0 Å². The number of pyridine rings is 2. The van der Waals surface area contributed by atoms with Crippen molar-refractivity contribution in [2.45, 2.75) is 32.1 Å². The number of nitrogens with zero attached hydrogens (tertiary/aromatic N) is 3. The fourth-order valence-corrected chi connectivity index (χ4v) is 3.95. The fraction of sp³-hybridized carbons (Fsp3) is 0.381. The highest BCUT2D eigenvalue weighted by Gasteiger charge is 2.18. The molecule has 0 unspecified atom stereocenters. The van der Waals surface area contributed by atoms with Gasteiger partial charge in [-0.15, -0.1) is 0 Å². The van der Waals surface area contributed by atoms with Crippen molar-refractivity contribution in [2.24, 2.45) is 7.05 Å². The minimum Gasteiger partial charge on any atom is -0.477 e. The van der Waals surface area contributed by atoms with Gasteiger partial charge in [0.2, 0.25) is 5.43 Å². The number of fused-ring (bicyclic) bond motifs is 2. The fourth-order valence-electron chi connectivity index (χ4n) is 3.95. The molecule has 1 saturated heterocycles. The maximum Gasteiger partial charge on any atom is 0.341 e. The Morgan fingerprint density at radius 2 is 1.79 bits per heavy atom. The highest BCUT2D eigenvalue weighted by Crippen LogP contribution is 2.28. The van der Waals surface area contributed by atoms with Crippen molar-refractivity contribution in [2.75, 3.05) is 18.0 Å². The number of carboxylic acids is 1. The lowest BCUT2D eigenvalue weighted by atomic mass is 10.1. The van der Waals surface area contributed by atoms with Gasteiger partial charge < -0.3 is 14.6 Å². The Kier molecular flexibility index (Phi) is 4.75. The second-order valence-electron chi connectivity index (χ2n) is 7.40. The van der Waals surface area contributed by atoms with Crippen molar-refractivity contribution in [1.82, 2.24) is 9.55 Å². The lowest BCUT2D eigenvalue weighted by Gasteiger charge is -2.27. The molecule has 1 aliphatic rings. The van der Waals surface area contributed by atoms with Gasteiger partial charge in [-0.2, -0.15) is 0 Å². The van der Waals surface area contributed by atoms with E-state index in [2.05, 4.69) is 9.88 Å². The molecule has 146 valence electrons. The van der Waals surface area contributed by atoms with E-state index in [0.29, 0.717) is 22.2 Å². The van der Waals surface area contributed by atoms with Gasteiger partial charge in [0.05, 0.1) is 16.6 Å². The van der Waals surface area contributed by atoms with Crippen LogP contribution in [0.2, 0.25) is 0 Å². The minimum atomic E-state index is -1.29. The molecule has 0 aliphatic carbocycles. The lowest BCUT2D eigenvalue weighted by Crippen LogP contribution is -2.27. The van der Waals surface area contributed by atoms with Gasteiger partial charge in [-0.3, -0.25) is 4.79 Å². The standard InChI is InChI=1S/C21H22FN3O3/c1-24-12-15(21(27)28)19(26)14-9-13-10-16(22)18(11-17(13)23-20(14)24)25-7-5-3-2-4-6-8-25/h9-12H,2-8H2,1H3,(H,27,28). The van der Waals surface area contributed by atoms with Crippen molar-refractivity contribution in [3.63, 3.8) is 0 Å². The monoisotopic (exact) mass is 383 g/mol. The zero-order valence-corrected chi connectivity index (χ0v) is 15.7. The molecular weight excluding hydrogens is 361 g/mol. The smallest absolute Gasteiger partial charge is 0.341 e. The van der Waals surface area contributed by atoms with E-state index in [1.54, 1.807) is 13.1 Å². The van der Waals surface area contributed by atoms with Gasteiger partial charge in [0.1, 0.15) is 17.0 Å². The van der Waals surface area contributed by atoms with E-state index in [1.807, 2.05) is 0 Å². The zero-order valence-electron chi connectivity index (χ0n) is 15.7. The van der Waals surface area contributed by atoms with E-state index >= 15 is 0 Å². The van der Waals surface area contributed by atoms with Crippen LogP contribution in [0.5, 0.6) is 0 Å². The summed E-state index contributed by atoms with van der Waals surface area (Å²) in [4.78, 5) is 30.4. The van der Waals surface area contributed by atoms with E-state index in [0.717, 1.165) is 38.8 Å². The molecule has 3 heterocycles. The van der Waals surface area contributed by atoms with Crippen LogP contribution in [-0.4, -0.2) is 33.7 Å². The molecule has 6 nitrogen and oxygen atoms in total. The second kappa shape index (κ2) is 7.22. The Labute approximate surface area is 161 Å². The molecule has 2 aromatic heterocycles. The molecule has 28 heavy (non-hydrogen) atoms. The summed E-state index contributed by atoms with van der Waals surface area (Å²) in [6, 6.07) is 4.66. The SMILES string of the molecule is Cn1cc(C(=O)O)c(=O)c2cc3cc(F)c(N4CCCCCCC4)cc3nc21. The van der Waals surface area contributed by atoms with Crippen LogP contribution in [-0.2, 0) is 7.05 Å². The van der Waals surface area contributed by atoms with Crippen molar-refractivity contribution in [3.05, 3.63) is 46.0 Å². The highest BCUT2D eigenvalue weighted by molar-refractivity contribution is 5.96. The molecular formula is C21H22FN3O3. The van der Waals surface area contributed by atoms with Crippen LogP contribution < -0.4 is 10.3 Å². The predicted octanol–water partition coefficient (Wildman–Crippen LogP) is 3.69. The number of anilines is 1. The van der Waals surface area contributed by atoms with E-state index < -0.39 is 11.4 Å². The number of carbonyl (C=O) groups is 1. The Bertz CT molecular complexity index is 1130. The molecule has 0 saturated carbocycles. The van der Waals surface area contributed by atoms with Gasteiger partial charge in [0, 0.05) is 31.7 Å². The molecule has 7 heteroatoms. The van der Waals surface area contributed by atoms with Crippen LogP contribution in [0.15, 0.2) is 29.2 Å². The van der Waals surface area contributed by atoms with Crippen molar-refractivity contribution >= 4 is 33.6 Å². The Hall–Kier alpha value is -2.96. The molecule has 1 aromatic carbocycles. The molecule has 1 fully saturated rings. The van der Waals surface area contributed by atoms with Crippen molar-refractivity contribution in [3.8, 4) is 0 Å². The number of aryl methyl sites for hydroxylation is 1. The summed E-state index contributed by atoms with van der Waals surface area (Å²) < 4.78 is 16.4. The first-order chi connectivity index (χ1) is 13.5. The maximum absolute atomic E-state index is 14.9. The molecule has 0 bridgehead atoms. The number of hydrogen-bond donors (Lipinski definition) is 1. The maximum atomic E-state index is 14.9. The third-order valence-corrected chi connectivity index (χ3v) is 5.44. The van der Waals surface area contributed by atoms with Crippen molar-refractivity contribution < 1.29 is 14.3 Å². The van der Waals surface area contributed by atoms with Gasteiger partial charge in [0.15, 0.2) is 0 Å². The number of hydrogen-bond acceptors (Lipinski definition) is 4. The molecule has 4 rings (SSSR count). The minimum absolute atomic E-state index is 0.174. The van der Waals surface area contributed by atoms with Gasteiger partial charge in [0.25, 0.3) is 0 Å². The number of halogens is 1. The number of carboxylic acid groups (broad SMARTS) is 1. The molecule has 0 spiro atoms. The van der Waals surface area contributed by atoms with Crippen LogP contribution >= 0.6 is 0 Å². The van der Waals surface area contributed by atoms with E-state index in [-0.39, 0.29) is 16.8 Å². The first-order valence-electron chi connectivity index (χ1n) is 9.57. The first-order valence-corrected chi connectivity index (χ1v) is 9.57. The topological polar surface area (TPSA) is 75.4 Å². The summed E-state index contributed by atoms with van der Waals surface area (Å²) in [7, 11) is 1.65. The third-order valence-electron chi connectivity index (χ3n) is 5.44. The first kappa shape index (κ1) is 18.4. The number of rotatable bonds is 2. The second-order valence-corrected chi connectivity index (χ2v) is 7.40. The summed E-state index contributed by atoms with van der Waals surface area (Å²) in [6.07, 6.45) is 6.89. The zero-order chi connectivity index (χ0) is 19.8. The van der Waals surface area contributed by atoms with Crippen LogP contribution in [0.1, 0.15) is 42.5 Å². The molecule has 0 amide bonds.